The lowest BCUT2D eigenvalue weighted by atomic mass is 9.94. The molecule has 18 heavy (non-hydrogen) atoms. The molecule has 1 heterocycles. The number of hydrogen-bond acceptors (Lipinski definition) is 4. The number of hydrogen-bond donors (Lipinski definition) is 3. The van der Waals surface area contributed by atoms with Gasteiger partial charge in [-0.3, -0.25) is 4.79 Å². The Bertz CT molecular complexity index is 454. The van der Waals surface area contributed by atoms with Crippen LogP contribution in [0.5, 0.6) is 0 Å². The van der Waals surface area contributed by atoms with Crippen LogP contribution in [0.4, 0.5) is 5.69 Å². The molecule has 1 aliphatic rings. The maximum Gasteiger partial charge on any atom is 0.240 e. The van der Waals surface area contributed by atoms with Crippen LogP contribution in [-0.4, -0.2) is 29.9 Å². The van der Waals surface area contributed by atoms with Crippen LogP contribution in [0.1, 0.15) is 18.9 Å². The topological polar surface area (TPSA) is 73.7 Å². The summed E-state index contributed by atoms with van der Waals surface area (Å²) in [6, 6.07) is 7.81. The molecule has 0 fully saturated rings. The molecule has 1 amide bonds. The minimum atomic E-state index is -0.0347. The molecule has 5 heteroatoms. The predicted molar refractivity (Wildman–Crippen MR) is 70.5 cm³/mol. The second-order valence-electron chi connectivity index (χ2n) is 4.36. The summed E-state index contributed by atoms with van der Waals surface area (Å²) in [5.74, 6) is 0.0995. The predicted octanol–water partition coefficient (Wildman–Crippen LogP) is 0.951. The Morgan fingerprint density at radius 1 is 1.44 bits per heavy atom. The molecule has 0 aliphatic carbocycles. The van der Waals surface area contributed by atoms with Crippen LogP contribution in [-0.2, 0) is 4.79 Å². The smallest absolute Gasteiger partial charge is 0.240 e. The van der Waals surface area contributed by atoms with E-state index < -0.39 is 0 Å². The number of benzene rings is 1. The highest BCUT2D eigenvalue weighted by Crippen LogP contribution is 2.18. The molecule has 1 atom stereocenters. The Labute approximate surface area is 106 Å². The summed E-state index contributed by atoms with van der Waals surface area (Å²) in [5, 5.41) is 15.9. The Balaban J connectivity index is 2.12. The molecule has 1 aromatic rings. The molecule has 0 saturated carbocycles. The fourth-order valence-electron chi connectivity index (χ4n) is 1.96. The molecule has 2 rings (SSSR count). The summed E-state index contributed by atoms with van der Waals surface area (Å²) < 4.78 is 0. The van der Waals surface area contributed by atoms with Gasteiger partial charge in [-0.15, -0.1) is 0 Å². The molecule has 0 aromatic heterocycles. The quantitative estimate of drug-likeness (QED) is 0.741. The van der Waals surface area contributed by atoms with Crippen molar-refractivity contribution in [3.63, 3.8) is 0 Å². The first-order chi connectivity index (χ1) is 8.70. The van der Waals surface area contributed by atoms with E-state index in [0.29, 0.717) is 13.0 Å². The molecule has 1 aliphatic heterocycles. The lowest BCUT2D eigenvalue weighted by Gasteiger charge is -2.19. The average molecular weight is 247 g/mol. The summed E-state index contributed by atoms with van der Waals surface area (Å²) in [7, 11) is 0. The first-order valence-corrected chi connectivity index (χ1v) is 6.02. The molecule has 0 unspecified atom stereocenters. The van der Waals surface area contributed by atoms with Crippen LogP contribution in [0.2, 0.25) is 0 Å². The number of nitrogens with one attached hydrogen (secondary N) is 2. The standard InChI is InChI=1S/C13H17N3O2/c1-9-8-12(18)15-16-13(9)10-2-4-11(5-3-10)14-6-7-17/h2-5,9,14,17H,6-8H2,1H3,(H,15,18)/t9-/m1/s1. The van der Waals surface area contributed by atoms with Crippen LogP contribution in [0, 0.1) is 5.92 Å². The van der Waals surface area contributed by atoms with Gasteiger partial charge < -0.3 is 10.4 Å². The Kier molecular flexibility index (Phi) is 3.94. The molecule has 5 nitrogen and oxygen atoms in total. The SMILES string of the molecule is C[C@@H]1CC(=O)NN=C1c1ccc(NCCO)cc1. The number of aliphatic hydroxyl groups is 1. The van der Waals surface area contributed by atoms with Gasteiger partial charge in [0.15, 0.2) is 0 Å². The Morgan fingerprint density at radius 2 is 2.17 bits per heavy atom. The van der Waals surface area contributed by atoms with Crippen molar-refractivity contribution in [2.45, 2.75) is 13.3 Å². The van der Waals surface area contributed by atoms with Crippen molar-refractivity contribution in [3.8, 4) is 0 Å². The molecule has 0 bridgehead atoms. The normalized spacial score (nSPS) is 19.1. The van der Waals surface area contributed by atoms with Gasteiger partial charge in [0, 0.05) is 24.6 Å². The van der Waals surface area contributed by atoms with Gasteiger partial charge in [-0.2, -0.15) is 5.10 Å². The highest BCUT2D eigenvalue weighted by molar-refractivity contribution is 6.05. The zero-order valence-electron chi connectivity index (χ0n) is 10.3. The van der Waals surface area contributed by atoms with Gasteiger partial charge in [0.2, 0.25) is 5.91 Å². The second-order valence-corrected chi connectivity index (χ2v) is 4.36. The molecule has 0 spiro atoms. The lowest BCUT2D eigenvalue weighted by Crippen LogP contribution is -2.31. The van der Waals surface area contributed by atoms with Crippen molar-refractivity contribution < 1.29 is 9.90 Å². The van der Waals surface area contributed by atoms with Gasteiger partial charge in [-0.25, -0.2) is 5.43 Å². The summed E-state index contributed by atoms with van der Waals surface area (Å²) in [5.41, 5.74) is 5.39. The number of carbonyl (C=O) groups is 1. The third-order valence-electron chi connectivity index (χ3n) is 2.88. The number of aliphatic hydroxyl groups excluding tert-OH is 1. The highest BCUT2D eigenvalue weighted by atomic mass is 16.3. The maximum absolute atomic E-state index is 11.2. The molecule has 96 valence electrons. The van der Waals surface area contributed by atoms with E-state index in [2.05, 4.69) is 15.8 Å². The van der Waals surface area contributed by atoms with Crippen molar-refractivity contribution in [2.24, 2.45) is 11.0 Å². The van der Waals surface area contributed by atoms with E-state index in [-0.39, 0.29) is 18.4 Å². The van der Waals surface area contributed by atoms with Crippen LogP contribution in [0.25, 0.3) is 0 Å². The van der Waals surface area contributed by atoms with Crippen molar-refractivity contribution in [1.29, 1.82) is 0 Å². The largest absolute Gasteiger partial charge is 0.395 e. The molecular formula is C13H17N3O2. The molecule has 3 N–H and O–H groups in total. The summed E-state index contributed by atoms with van der Waals surface area (Å²) in [4.78, 5) is 11.2. The number of anilines is 1. The number of amides is 1. The van der Waals surface area contributed by atoms with Gasteiger partial charge >= 0.3 is 0 Å². The van der Waals surface area contributed by atoms with Gasteiger partial charge in [-0.1, -0.05) is 19.1 Å². The van der Waals surface area contributed by atoms with E-state index in [1.165, 1.54) is 0 Å². The highest BCUT2D eigenvalue weighted by Gasteiger charge is 2.21. The molecular weight excluding hydrogens is 230 g/mol. The fraction of sp³-hybridized carbons (Fsp3) is 0.385. The zero-order valence-corrected chi connectivity index (χ0v) is 10.3. The van der Waals surface area contributed by atoms with Gasteiger partial charge in [-0.05, 0) is 17.7 Å². The first-order valence-electron chi connectivity index (χ1n) is 6.02. The average Bonchev–Trinajstić information content (AvgIpc) is 2.37. The number of hydrazone groups is 1. The van der Waals surface area contributed by atoms with Crippen molar-refractivity contribution in [2.75, 3.05) is 18.5 Å². The molecule has 0 radical (unpaired) electrons. The monoisotopic (exact) mass is 247 g/mol. The minimum absolute atomic E-state index is 0.0347. The minimum Gasteiger partial charge on any atom is -0.395 e. The van der Waals surface area contributed by atoms with E-state index in [4.69, 9.17) is 5.11 Å². The summed E-state index contributed by atoms with van der Waals surface area (Å²) >= 11 is 0. The fourth-order valence-corrected chi connectivity index (χ4v) is 1.96. The first kappa shape index (κ1) is 12.6. The Morgan fingerprint density at radius 3 is 2.78 bits per heavy atom. The number of rotatable bonds is 4. The van der Waals surface area contributed by atoms with E-state index in [9.17, 15) is 4.79 Å². The number of carbonyl (C=O) groups excluding carboxylic acids is 1. The van der Waals surface area contributed by atoms with E-state index >= 15 is 0 Å². The number of nitrogens with zero attached hydrogens (tertiary/aromatic N) is 1. The van der Waals surface area contributed by atoms with Crippen molar-refractivity contribution in [1.82, 2.24) is 5.43 Å². The van der Waals surface area contributed by atoms with Crippen LogP contribution in [0.15, 0.2) is 29.4 Å². The molecule has 1 aromatic carbocycles. The zero-order chi connectivity index (χ0) is 13.0. The van der Waals surface area contributed by atoms with Crippen molar-refractivity contribution in [3.05, 3.63) is 29.8 Å². The van der Waals surface area contributed by atoms with E-state index in [1.807, 2.05) is 31.2 Å². The van der Waals surface area contributed by atoms with Crippen molar-refractivity contribution >= 4 is 17.3 Å². The van der Waals surface area contributed by atoms with Gasteiger partial charge in [0.05, 0.1) is 12.3 Å². The van der Waals surface area contributed by atoms with Crippen LogP contribution < -0.4 is 10.7 Å². The van der Waals surface area contributed by atoms with Crippen LogP contribution >= 0.6 is 0 Å². The lowest BCUT2D eigenvalue weighted by molar-refractivity contribution is -0.121. The van der Waals surface area contributed by atoms with E-state index in [0.717, 1.165) is 17.0 Å². The van der Waals surface area contributed by atoms with Gasteiger partial charge in [0.25, 0.3) is 0 Å². The maximum atomic E-state index is 11.2. The van der Waals surface area contributed by atoms with E-state index in [1.54, 1.807) is 0 Å². The van der Waals surface area contributed by atoms with Gasteiger partial charge in [0.1, 0.15) is 0 Å². The second kappa shape index (κ2) is 5.64. The Hall–Kier alpha value is -1.88. The van der Waals surface area contributed by atoms with Crippen LogP contribution in [0.3, 0.4) is 0 Å². The third kappa shape index (κ3) is 2.87. The molecule has 0 saturated heterocycles. The summed E-state index contributed by atoms with van der Waals surface area (Å²) in [6.07, 6.45) is 0.476. The summed E-state index contributed by atoms with van der Waals surface area (Å²) in [6.45, 7) is 2.64. The third-order valence-corrected chi connectivity index (χ3v) is 2.88.